The third-order valence-electron chi connectivity index (χ3n) is 2.56. The Kier molecular flexibility index (Phi) is 2.74. The fourth-order valence-electron chi connectivity index (χ4n) is 1.86. The van der Waals surface area contributed by atoms with Gasteiger partial charge < -0.3 is 4.79 Å². The summed E-state index contributed by atoms with van der Waals surface area (Å²) >= 11 is 1.71. The van der Waals surface area contributed by atoms with Gasteiger partial charge in [-0.3, -0.25) is 0 Å². The van der Waals surface area contributed by atoms with Crippen LogP contribution in [0.5, 0.6) is 0 Å². The van der Waals surface area contributed by atoms with Gasteiger partial charge in [-0.25, -0.2) is 4.98 Å². The summed E-state index contributed by atoms with van der Waals surface area (Å²) < 4.78 is 0. The van der Waals surface area contributed by atoms with Crippen molar-refractivity contribution in [2.75, 3.05) is 0 Å². The standard InChI is InChI=1S/C10H13NOS/c12-6-5-9-7-11-10(13-9)8-3-1-2-4-8/h6-8H,1-5H2. The molecule has 1 aliphatic carbocycles. The number of carbonyl (C=O) groups excluding carboxylic acids is 1. The van der Waals surface area contributed by atoms with Gasteiger partial charge in [0.15, 0.2) is 0 Å². The van der Waals surface area contributed by atoms with Gasteiger partial charge >= 0.3 is 0 Å². The molecule has 3 heteroatoms. The molecule has 1 aliphatic rings. The van der Waals surface area contributed by atoms with Gasteiger partial charge in [-0.05, 0) is 12.8 Å². The van der Waals surface area contributed by atoms with Gasteiger partial charge in [0, 0.05) is 23.4 Å². The molecule has 0 unspecified atom stereocenters. The Morgan fingerprint density at radius 3 is 3.00 bits per heavy atom. The summed E-state index contributed by atoms with van der Waals surface area (Å²) in [6, 6.07) is 0. The van der Waals surface area contributed by atoms with Gasteiger partial charge in [-0.2, -0.15) is 0 Å². The van der Waals surface area contributed by atoms with E-state index in [0.29, 0.717) is 12.3 Å². The van der Waals surface area contributed by atoms with Gasteiger partial charge in [0.2, 0.25) is 0 Å². The maximum atomic E-state index is 10.3. The summed E-state index contributed by atoms with van der Waals surface area (Å²) in [5, 5.41) is 1.24. The summed E-state index contributed by atoms with van der Waals surface area (Å²) in [7, 11) is 0. The smallest absolute Gasteiger partial charge is 0.125 e. The molecule has 1 fully saturated rings. The highest BCUT2D eigenvalue weighted by Crippen LogP contribution is 2.35. The molecule has 1 saturated carbocycles. The first-order chi connectivity index (χ1) is 6.40. The first-order valence-corrected chi connectivity index (χ1v) is 5.60. The molecular formula is C10H13NOS. The third kappa shape index (κ3) is 1.97. The van der Waals surface area contributed by atoms with E-state index < -0.39 is 0 Å². The molecule has 0 saturated heterocycles. The van der Waals surface area contributed by atoms with E-state index in [4.69, 9.17) is 0 Å². The predicted molar refractivity (Wildman–Crippen MR) is 53.1 cm³/mol. The van der Waals surface area contributed by atoms with Crippen LogP contribution in [0.2, 0.25) is 0 Å². The quantitative estimate of drug-likeness (QED) is 0.694. The molecule has 0 aliphatic heterocycles. The Hall–Kier alpha value is -0.700. The lowest BCUT2D eigenvalue weighted by atomic mass is 10.1. The maximum Gasteiger partial charge on any atom is 0.125 e. The van der Waals surface area contributed by atoms with Crippen molar-refractivity contribution in [1.82, 2.24) is 4.98 Å². The van der Waals surface area contributed by atoms with Crippen molar-refractivity contribution in [2.45, 2.75) is 38.0 Å². The average Bonchev–Trinajstić information content (AvgIpc) is 2.70. The van der Waals surface area contributed by atoms with Crippen LogP contribution in [0.25, 0.3) is 0 Å². The normalized spacial score (nSPS) is 17.8. The van der Waals surface area contributed by atoms with Crippen LogP contribution in [0, 0.1) is 0 Å². The zero-order valence-electron chi connectivity index (χ0n) is 7.53. The van der Waals surface area contributed by atoms with Crippen molar-refractivity contribution in [1.29, 1.82) is 0 Å². The van der Waals surface area contributed by atoms with Crippen LogP contribution in [-0.4, -0.2) is 11.3 Å². The molecule has 1 aromatic rings. The van der Waals surface area contributed by atoms with Crippen molar-refractivity contribution in [3.8, 4) is 0 Å². The van der Waals surface area contributed by atoms with Crippen molar-refractivity contribution in [3.05, 3.63) is 16.1 Å². The highest BCUT2D eigenvalue weighted by Gasteiger charge is 2.19. The second-order valence-corrected chi connectivity index (χ2v) is 4.66. The molecule has 0 spiro atoms. The fraction of sp³-hybridized carbons (Fsp3) is 0.600. The van der Waals surface area contributed by atoms with Crippen LogP contribution < -0.4 is 0 Å². The fourth-order valence-corrected chi connectivity index (χ4v) is 2.89. The minimum absolute atomic E-state index is 0.532. The van der Waals surface area contributed by atoms with Crippen molar-refractivity contribution in [2.24, 2.45) is 0 Å². The Bertz CT molecular complexity index is 289. The Balaban J connectivity index is 2.07. The first-order valence-electron chi connectivity index (χ1n) is 4.78. The number of hydrogen-bond donors (Lipinski definition) is 0. The molecule has 0 atom stereocenters. The van der Waals surface area contributed by atoms with Crippen LogP contribution in [-0.2, 0) is 11.2 Å². The van der Waals surface area contributed by atoms with E-state index in [2.05, 4.69) is 4.98 Å². The average molecular weight is 195 g/mol. The molecule has 0 aromatic carbocycles. The monoisotopic (exact) mass is 195 g/mol. The van der Waals surface area contributed by atoms with E-state index in [9.17, 15) is 4.79 Å². The Labute approximate surface area is 82.0 Å². The van der Waals surface area contributed by atoms with Crippen molar-refractivity contribution >= 4 is 17.6 Å². The molecule has 0 radical (unpaired) electrons. The molecule has 70 valence electrons. The van der Waals surface area contributed by atoms with Crippen LogP contribution >= 0.6 is 11.3 Å². The van der Waals surface area contributed by atoms with Crippen LogP contribution in [0.4, 0.5) is 0 Å². The van der Waals surface area contributed by atoms with Crippen LogP contribution in [0.3, 0.4) is 0 Å². The number of carbonyl (C=O) groups is 1. The summed E-state index contributed by atoms with van der Waals surface area (Å²) in [5.41, 5.74) is 0. The summed E-state index contributed by atoms with van der Waals surface area (Å²) in [5.74, 6) is 0.686. The minimum Gasteiger partial charge on any atom is -0.303 e. The van der Waals surface area contributed by atoms with Crippen molar-refractivity contribution in [3.63, 3.8) is 0 Å². The van der Waals surface area contributed by atoms with E-state index in [1.54, 1.807) is 11.3 Å². The topological polar surface area (TPSA) is 30.0 Å². The highest BCUT2D eigenvalue weighted by atomic mass is 32.1. The third-order valence-corrected chi connectivity index (χ3v) is 3.74. The van der Waals surface area contributed by atoms with Gasteiger partial charge in [-0.15, -0.1) is 11.3 Å². The van der Waals surface area contributed by atoms with Gasteiger partial charge in [0.25, 0.3) is 0 Å². The van der Waals surface area contributed by atoms with Gasteiger partial charge in [-0.1, -0.05) is 12.8 Å². The molecule has 0 amide bonds. The molecule has 2 rings (SSSR count). The molecule has 1 aromatic heterocycles. The predicted octanol–water partition coefficient (Wildman–Crippen LogP) is 2.54. The highest BCUT2D eigenvalue weighted by molar-refractivity contribution is 7.11. The lowest BCUT2D eigenvalue weighted by Crippen LogP contribution is -1.88. The first kappa shape index (κ1) is 8.88. The van der Waals surface area contributed by atoms with Gasteiger partial charge in [0.05, 0.1) is 5.01 Å². The lowest BCUT2D eigenvalue weighted by molar-refractivity contribution is -0.107. The van der Waals surface area contributed by atoms with E-state index in [1.165, 1.54) is 30.7 Å². The van der Waals surface area contributed by atoms with E-state index in [0.717, 1.165) is 11.2 Å². The number of aromatic nitrogens is 1. The van der Waals surface area contributed by atoms with Gasteiger partial charge in [0.1, 0.15) is 6.29 Å². The number of hydrogen-bond acceptors (Lipinski definition) is 3. The minimum atomic E-state index is 0.532. The van der Waals surface area contributed by atoms with Crippen molar-refractivity contribution < 1.29 is 4.79 Å². The Morgan fingerprint density at radius 1 is 1.54 bits per heavy atom. The zero-order chi connectivity index (χ0) is 9.10. The Morgan fingerprint density at radius 2 is 2.31 bits per heavy atom. The SMILES string of the molecule is O=CCc1cnc(C2CCCC2)s1. The van der Waals surface area contributed by atoms with E-state index in [1.807, 2.05) is 6.20 Å². The number of nitrogens with zero attached hydrogens (tertiary/aromatic N) is 1. The molecule has 0 N–H and O–H groups in total. The largest absolute Gasteiger partial charge is 0.303 e. The lowest BCUT2D eigenvalue weighted by Gasteiger charge is -2.01. The van der Waals surface area contributed by atoms with E-state index >= 15 is 0 Å². The summed E-state index contributed by atoms with van der Waals surface area (Å²) in [4.78, 5) is 15.8. The maximum absolute atomic E-state index is 10.3. The number of aldehydes is 1. The second kappa shape index (κ2) is 4.01. The molecule has 13 heavy (non-hydrogen) atoms. The number of rotatable bonds is 3. The zero-order valence-corrected chi connectivity index (χ0v) is 8.35. The molecule has 2 nitrogen and oxygen atoms in total. The molecule has 1 heterocycles. The molecular weight excluding hydrogens is 182 g/mol. The summed E-state index contributed by atoms with van der Waals surface area (Å²) in [6.45, 7) is 0. The van der Waals surface area contributed by atoms with Crippen LogP contribution in [0.15, 0.2) is 6.20 Å². The summed E-state index contributed by atoms with van der Waals surface area (Å²) in [6.07, 6.45) is 8.59. The van der Waals surface area contributed by atoms with E-state index in [-0.39, 0.29) is 0 Å². The molecule has 0 bridgehead atoms. The second-order valence-electron chi connectivity index (χ2n) is 3.52. The number of thiazole rings is 1. The van der Waals surface area contributed by atoms with Crippen LogP contribution in [0.1, 0.15) is 41.5 Å².